The Morgan fingerprint density at radius 3 is 1.06 bits per heavy atom. The fraction of sp³-hybridized carbons (Fsp3) is 0.217. The second-order valence-corrected chi connectivity index (χ2v) is 16.3. The minimum Gasteiger partial charge on any atom is -0.587 e. The van der Waals surface area contributed by atoms with E-state index in [9.17, 15) is 0 Å². The summed E-state index contributed by atoms with van der Waals surface area (Å²) >= 11 is 22.0. The summed E-state index contributed by atoms with van der Waals surface area (Å²) in [5.74, 6) is 0. The van der Waals surface area contributed by atoms with Gasteiger partial charge < -0.3 is 11.5 Å². The number of anilines is 4. The van der Waals surface area contributed by atoms with Gasteiger partial charge in [-0.25, -0.2) is 0 Å². The maximum absolute atomic E-state index is 2.75. The van der Waals surface area contributed by atoms with Gasteiger partial charge in [0.25, 0.3) is 132 Å². The van der Waals surface area contributed by atoms with Gasteiger partial charge in [0.2, 0.25) is 0 Å². The number of fused-ring (bicyclic) bond motifs is 1. The van der Waals surface area contributed by atoms with E-state index in [1.165, 1.54) is 22.3 Å². The quantitative estimate of drug-likeness (QED) is 0.421. The first-order chi connectivity index (χ1) is 16.4. The van der Waals surface area contributed by atoms with Crippen LogP contribution >= 0.6 is 0 Å². The van der Waals surface area contributed by atoms with Crippen LogP contribution in [0.4, 0.5) is 22.7 Å². The third-order valence-corrected chi connectivity index (χ3v) is 9.48. The number of rotatable bonds is 6. The van der Waals surface area contributed by atoms with Gasteiger partial charge in [0, 0.05) is 10.8 Å². The number of nitrogens with zero attached hydrogens (tertiary/aromatic N) is 4. The summed E-state index contributed by atoms with van der Waals surface area (Å²) < 4.78 is 8.07. The molecule has 0 amide bonds. The smallest absolute Gasteiger partial charge is 0.277 e. The molecular formula is C23H18Al8N4. The molecule has 0 N–H and O–H groups in total. The fourth-order valence-corrected chi connectivity index (χ4v) is 6.47. The maximum Gasteiger partial charge on any atom is 0.277 e. The zero-order chi connectivity index (χ0) is 25.7. The van der Waals surface area contributed by atoms with Crippen molar-refractivity contribution in [1.82, 2.24) is 0 Å². The average molecular weight is 566 g/mol. The molecule has 0 aliphatic heterocycles. The molecule has 0 heterocycles. The van der Waals surface area contributed by atoms with Crippen molar-refractivity contribution < 1.29 is 0 Å². The Balaban J connectivity index is 1.95. The normalized spacial score (nSPS) is 20.7. The van der Waals surface area contributed by atoms with E-state index < -0.39 is 0 Å². The Hall–Kier alpha value is 1.12. The molecule has 0 aromatic heterocycles. The van der Waals surface area contributed by atoms with Crippen molar-refractivity contribution in [1.29, 1.82) is 0 Å². The lowest BCUT2D eigenvalue weighted by molar-refractivity contribution is 0.450. The van der Waals surface area contributed by atoms with Crippen LogP contribution in [0.25, 0.3) is 0 Å². The molecule has 4 nitrogen and oxygen atoms in total. The maximum atomic E-state index is 2.75. The molecule has 0 spiro atoms. The van der Waals surface area contributed by atoms with Crippen molar-refractivity contribution >= 4 is 155 Å². The monoisotopic (exact) mass is 566 g/mol. The third-order valence-electron chi connectivity index (χ3n) is 7.10. The number of hydrogen-bond acceptors (Lipinski definition) is 4. The molecule has 0 fully saturated rings. The van der Waals surface area contributed by atoms with Crippen LogP contribution in [-0.2, 0) is 10.8 Å². The Morgan fingerprint density at radius 2 is 0.800 bits per heavy atom. The van der Waals surface area contributed by atoms with E-state index in [0.29, 0.717) is 0 Å². The van der Waals surface area contributed by atoms with E-state index >= 15 is 0 Å². The van der Waals surface area contributed by atoms with Gasteiger partial charge in [-0.3, -0.25) is 0 Å². The number of hydrogen-bond donors (Lipinski definition) is 0. The Labute approximate surface area is 276 Å². The second kappa shape index (κ2) is 11.3. The van der Waals surface area contributed by atoms with Crippen LogP contribution in [-0.4, -0.2) is 132 Å². The highest BCUT2D eigenvalue weighted by atomic mass is 27.1. The molecule has 35 heavy (non-hydrogen) atoms. The lowest BCUT2D eigenvalue weighted by atomic mass is 9.71. The van der Waals surface area contributed by atoms with Crippen molar-refractivity contribution in [3.63, 3.8) is 0 Å². The van der Waals surface area contributed by atoms with Crippen molar-refractivity contribution in [2.45, 2.75) is 31.1 Å². The summed E-state index contributed by atoms with van der Waals surface area (Å²) in [4.78, 5) is 0. The Kier molecular flexibility index (Phi) is 9.41. The van der Waals surface area contributed by atoms with Crippen molar-refractivity contribution in [3.05, 3.63) is 82.9 Å². The standard InChI is InChI=1S/C23H18N4.8Al/c1-22(14-7-16(24)11-17(25)8-14)13-23(2,21-6-4-3-5-20(21)22)15-9-18(26)12-19(27)10-15;;;;;;;;/h3-12H,13H2,1-2H3;;;;;;;;. The highest BCUT2D eigenvalue weighted by Crippen LogP contribution is 2.56. The second-order valence-electron chi connectivity index (χ2n) is 9.49. The van der Waals surface area contributed by atoms with Crippen LogP contribution in [0.2, 0.25) is 0 Å². The van der Waals surface area contributed by atoms with Gasteiger partial charge in [-0.05, 0) is 87.8 Å². The summed E-state index contributed by atoms with van der Waals surface area (Å²) in [6, 6.07) is 22.6. The molecule has 2 unspecified atom stereocenters. The molecule has 3 aromatic rings. The lowest BCUT2D eigenvalue weighted by Gasteiger charge is -2.35. The largest absolute Gasteiger partial charge is 0.587 e. The van der Waals surface area contributed by atoms with Crippen LogP contribution in [0.15, 0.2) is 60.7 Å². The molecule has 0 bridgehead atoms. The summed E-state index contributed by atoms with van der Waals surface area (Å²) in [6.07, 6.45) is 0.966. The fourth-order valence-electron chi connectivity index (χ4n) is 5.28. The van der Waals surface area contributed by atoms with E-state index in [1.54, 1.807) is 0 Å². The molecule has 4 rings (SSSR count). The molecule has 0 saturated heterocycles. The average Bonchev–Trinajstić information content (AvgIpc) is 3.07. The van der Waals surface area contributed by atoms with Crippen LogP contribution in [0.1, 0.15) is 42.5 Å². The highest BCUT2D eigenvalue weighted by Gasteiger charge is 2.49. The Bertz CT molecular complexity index is 1100. The summed E-state index contributed by atoms with van der Waals surface area (Å²) in [5.41, 5.74) is 9.57. The van der Waals surface area contributed by atoms with E-state index in [1.807, 2.05) is 11.5 Å². The third kappa shape index (κ3) is 5.71. The predicted octanol–water partition coefficient (Wildman–Crippen LogP) is 1.60. The first-order valence-corrected chi connectivity index (χ1v) is 15.1. The molecule has 1 aliphatic carbocycles. The molecule has 2 atom stereocenters. The van der Waals surface area contributed by atoms with E-state index in [0.717, 1.165) is 29.2 Å². The predicted molar refractivity (Wildman–Crippen MR) is 153 cm³/mol. The first kappa shape index (κ1) is 29.1. The highest BCUT2D eigenvalue weighted by molar-refractivity contribution is 6.44. The molecule has 154 valence electrons. The first-order valence-electron chi connectivity index (χ1n) is 11.0. The van der Waals surface area contributed by atoms with Crippen LogP contribution < -0.4 is 11.5 Å². The van der Waals surface area contributed by atoms with Gasteiger partial charge in [0.15, 0.2) is 0 Å². The summed E-state index contributed by atoms with van der Waals surface area (Å²) in [7, 11) is 0. The SMILES string of the molecule is CC1(c2cc([N]([Al])[Al])cc([N]([Al])[Al])c2)CC(C)(c2cc([N]([Al])[Al])cc([N]([Al])[Al])c2)c2ccccc21. The summed E-state index contributed by atoms with van der Waals surface area (Å²) in [6.45, 7) is 4.79. The minimum atomic E-state index is -0.161. The molecule has 3 aromatic carbocycles. The van der Waals surface area contributed by atoms with Crippen LogP contribution in [0.5, 0.6) is 0 Å². The zero-order valence-corrected chi connectivity index (χ0v) is 29.1. The van der Waals surface area contributed by atoms with Crippen molar-refractivity contribution in [3.8, 4) is 0 Å². The van der Waals surface area contributed by atoms with Gasteiger partial charge >= 0.3 is 0 Å². The van der Waals surface area contributed by atoms with E-state index in [4.69, 9.17) is 0 Å². The van der Waals surface area contributed by atoms with Gasteiger partial charge in [-0.2, -0.15) is 0 Å². The van der Waals surface area contributed by atoms with E-state index in [-0.39, 0.29) is 10.8 Å². The van der Waals surface area contributed by atoms with Crippen LogP contribution in [0, 0.1) is 0 Å². The van der Waals surface area contributed by atoms with Crippen LogP contribution in [0.3, 0.4) is 0 Å². The number of benzene rings is 3. The Morgan fingerprint density at radius 1 is 0.514 bits per heavy atom. The topological polar surface area (TPSA) is 13.0 Å². The van der Waals surface area contributed by atoms with Crippen molar-refractivity contribution in [2.75, 3.05) is 11.5 Å². The molecule has 16 radical (unpaired) electrons. The lowest BCUT2D eigenvalue weighted by Crippen LogP contribution is -2.28. The van der Waals surface area contributed by atoms with Gasteiger partial charge in [0.05, 0.1) is 0 Å². The van der Waals surface area contributed by atoms with E-state index in [2.05, 4.69) is 207 Å². The zero-order valence-electron chi connectivity index (χ0n) is 19.9. The molecular weight excluding hydrogens is 548 g/mol. The molecule has 12 heteroatoms. The molecule has 1 aliphatic rings. The summed E-state index contributed by atoms with van der Waals surface area (Å²) in [5, 5.41) is 0. The van der Waals surface area contributed by atoms with Gasteiger partial charge in [-0.15, -0.1) is 0 Å². The van der Waals surface area contributed by atoms with Gasteiger partial charge in [0.1, 0.15) is 0 Å². The molecule has 0 saturated carbocycles. The minimum absolute atomic E-state index is 0.161. The van der Waals surface area contributed by atoms with Crippen molar-refractivity contribution in [2.24, 2.45) is 0 Å². The van der Waals surface area contributed by atoms with Gasteiger partial charge in [-0.1, -0.05) is 38.1 Å².